The first kappa shape index (κ1) is 81.4. The third kappa shape index (κ3) is 13.3. The topological polar surface area (TPSA) is 131 Å². The molecule has 0 fully saturated rings. The average Bonchev–Trinajstić information content (AvgIpc) is 1.56. The number of aromatic nitrogens is 12. The number of nitrogens with zero attached hydrogens (tertiary/aromatic N) is 12. The molecule has 142 heavy (non-hydrogen) atoms. The van der Waals surface area contributed by atoms with Crippen LogP contribution in [0.5, 0.6) is 0 Å². The van der Waals surface area contributed by atoms with Crippen LogP contribution in [-0.4, -0.2) is 58.6 Å². The third-order valence-corrected chi connectivity index (χ3v) is 29.0. The summed E-state index contributed by atoms with van der Waals surface area (Å²) in [5.41, 5.74) is 23.6. The highest BCUT2D eigenvalue weighted by Crippen LogP contribution is 2.53. The van der Waals surface area contributed by atoms with E-state index in [0.717, 1.165) is 94.4 Å². The summed E-state index contributed by atoms with van der Waals surface area (Å²) in [4.78, 5) is 45.5. The van der Waals surface area contributed by atoms with Crippen molar-refractivity contribution in [1.29, 1.82) is 0 Å². The van der Waals surface area contributed by atoms with Gasteiger partial charge in [-0.15, -0.1) is 0 Å². The van der Waals surface area contributed by atoms with Gasteiger partial charge in [0.25, 0.3) is 0 Å². The standard InChI is InChI=1S/C52H34N4.C43H26N4.C35H22N4/c1-52(2)45-23-10-9-19-38(45)40-20-11-21-41(48(40)52)50-54-49-42(22-12-26-53-49)51(55-50)56-46-30-34(24-25-39(46)44-27-31-13-3-4-14-32(31)29-47(44)56)43-28-33-15-5-6-16-35(33)36-17-7-8-18-37(36)43;1-3-10-29-22-33(17-15-27(29)8-1)34-19-20-39-37(25-34)38-24-31-12-5-6-13-32(31)26-40(38)47(39)43-36-14-7-21-44-42(36)45-41(46-43)35-18-16-28-9-2-4-11-30(28)23-35;1-3-11-23(12-4-1)27-17-9-19-30-32(27)29-21-25-15-7-8-16-26(25)22-31(29)39(30)35-28-18-10-20-36-34(28)37-33(38-35)24-13-5-2-6-14-24/h3-30H,1-2H3;1-26H;1-22H. The Morgan fingerprint density at radius 1 is 0.183 bits per heavy atom. The van der Waals surface area contributed by atoms with E-state index >= 15 is 0 Å². The van der Waals surface area contributed by atoms with Crippen molar-refractivity contribution in [1.82, 2.24) is 58.6 Å². The highest BCUT2D eigenvalue weighted by Gasteiger charge is 2.39. The number of rotatable bonds is 9. The molecule has 1 aliphatic rings. The van der Waals surface area contributed by atoms with Gasteiger partial charge in [-0.3, -0.25) is 13.7 Å². The lowest BCUT2D eigenvalue weighted by molar-refractivity contribution is 0.661. The number of fused-ring (bicyclic) bond motifs is 23. The molecule has 0 aliphatic heterocycles. The Hall–Kier alpha value is -18.9. The Balaban J connectivity index is 0.000000106. The zero-order valence-corrected chi connectivity index (χ0v) is 77.2. The Bertz CT molecular complexity index is 10300. The Morgan fingerprint density at radius 3 is 1.19 bits per heavy atom. The minimum atomic E-state index is -0.228. The van der Waals surface area contributed by atoms with Gasteiger partial charge >= 0.3 is 0 Å². The number of benzene rings is 20. The molecule has 0 saturated carbocycles. The van der Waals surface area contributed by atoms with Crippen LogP contribution in [0, 0.1) is 0 Å². The molecular formula is C130H82N12. The molecule has 30 rings (SSSR count). The minimum Gasteiger partial charge on any atom is -0.293 e. The lowest BCUT2D eigenvalue weighted by Crippen LogP contribution is -2.17. The first-order valence-corrected chi connectivity index (χ1v) is 48.2. The smallest absolute Gasteiger partial charge is 0.165 e. The SMILES string of the molecule is CC1(C)c2ccccc2-c2cccc(-c3nc(-n4c5cc(-c6cc7ccccc7c7ccccc67)ccc5c5cc6ccccc6cc54)c4cccnc4n3)c21.c1ccc(-c2nc(-n3c4cc5ccccc5cc4c4c(-c5ccccc5)cccc43)c3cccnc3n2)cc1.c1ccc2cc(-c3ccc4c(c3)c3cc5ccccc5cc3n4-c3nc(-c4ccc5ccccc5c4)nc4ncccc34)ccc2c1. The summed E-state index contributed by atoms with van der Waals surface area (Å²) in [5.74, 6) is 4.45. The van der Waals surface area contributed by atoms with Crippen LogP contribution >= 0.6 is 0 Å². The second kappa shape index (κ2) is 32.7. The molecule has 0 amide bonds. The molecule has 9 heterocycles. The van der Waals surface area contributed by atoms with Crippen LogP contribution in [0.3, 0.4) is 0 Å². The number of hydrogen-bond donors (Lipinski definition) is 0. The maximum atomic E-state index is 5.60. The maximum Gasteiger partial charge on any atom is 0.165 e. The predicted octanol–water partition coefficient (Wildman–Crippen LogP) is 32.7. The molecule has 0 atom stereocenters. The van der Waals surface area contributed by atoms with Crippen molar-refractivity contribution in [3.05, 3.63) is 473 Å². The summed E-state index contributed by atoms with van der Waals surface area (Å²) < 4.78 is 6.96. The van der Waals surface area contributed by atoms with Crippen molar-refractivity contribution in [3.63, 3.8) is 0 Å². The van der Waals surface area contributed by atoms with E-state index in [4.69, 9.17) is 39.9 Å². The molecule has 29 aromatic rings. The van der Waals surface area contributed by atoms with Crippen molar-refractivity contribution < 1.29 is 0 Å². The average molecular weight is 1810 g/mol. The summed E-state index contributed by atoms with van der Waals surface area (Å²) >= 11 is 0. The van der Waals surface area contributed by atoms with E-state index in [-0.39, 0.29) is 5.41 Å². The molecule has 0 saturated heterocycles. The quantitative estimate of drug-likeness (QED) is 0.130. The molecule has 0 bridgehead atoms. The van der Waals surface area contributed by atoms with Gasteiger partial charge in [-0.05, 0) is 246 Å². The van der Waals surface area contributed by atoms with E-state index in [1.54, 1.807) is 12.4 Å². The zero-order chi connectivity index (χ0) is 93.8. The molecule has 12 nitrogen and oxygen atoms in total. The summed E-state index contributed by atoms with van der Waals surface area (Å²) in [5, 5.41) is 26.8. The van der Waals surface area contributed by atoms with Crippen molar-refractivity contribution in [2.24, 2.45) is 0 Å². The van der Waals surface area contributed by atoms with Gasteiger partial charge in [0.15, 0.2) is 51.9 Å². The maximum absolute atomic E-state index is 5.60. The minimum absolute atomic E-state index is 0.228. The lowest BCUT2D eigenvalue weighted by atomic mass is 9.80. The lowest BCUT2D eigenvalue weighted by Gasteiger charge is -2.24. The molecule has 20 aromatic carbocycles. The second-order valence-corrected chi connectivity index (χ2v) is 37.5. The van der Waals surface area contributed by atoms with E-state index in [1.807, 2.05) is 54.7 Å². The van der Waals surface area contributed by atoms with Gasteiger partial charge in [-0.25, -0.2) is 44.9 Å². The molecule has 0 spiro atoms. The van der Waals surface area contributed by atoms with Gasteiger partial charge in [0.2, 0.25) is 0 Å². The van der Waals surface area contributed by atoms with Gasteiger partial charge in [-0.1, -0.05) is 341 Å². The highest BCUT2D eigenvalue weighted by molar-refractivity contribution is 6.22. The molecule has 1 aliphatic carbocycles. The summed E-state index contributed by atoms with van der Waals surface area (Å²) in [6, 6.07) is 158. The number of hydrogen-bond acceptors (Lipinski definition) is 9. The molecular weight excluding hydrogens is 1730 g/mol. The largest absolute Gasteiger partial charge is 0.293 e. The molecule has 12 heteroatoms. The predicted molar refractivity (Wildman–Crippen MR) is 588 cm³/mol. The summed E-state index contributed by atoms with van der Waals surface area (Å²) in [7, 11) is 0. The molecule has 0 unspecified atom stereocenters. The van der Waals surface area contributed by atoms with Crippen LogP contribution in [0.2, 0.25) is 0 Å². The zero-order valence-electron chi connectivity index (χ0n) is 77.2. The van der Waals surface area contributed by atoms with Gasteiger partial charge in [0.05, 0.1) is 49.3 Å². The Labute approximate surface area is 814 Å². The van der Waals surface area contributed by atoms with Crippen molar-refractivity contribution in [3.8, 4) is 96.1 Å². The fourth-order valence-corrected chi connectivity index (χ4v) is 22.4. The van der Waals surface area contributed by atoms with Crippen LogP contribution < -0.4 is 0 Å². The van der Waals surface area contributed by atoms with Gasteiger partial charge in [0.1, 0.15) is 0 Å². The first-order valence-electron chi connectivity index (χ1n) is 48.2. The number of pyridine rings is 3. The van der Waals surface area contributed by atoms with Crippen LogP contribution in [-0.2, 0) is 5.41 Å². The monoisotopic (exact) mass is 1810 g/mol. The van der Waals surface area contributed by atoms with E-state index in [2.05, 4.69) is 427 Å². The molecule has 0 N–H and O–H groups in total. The van der Waals surface area contributed by atoms with Crippen molar-refractivity contribution in [2.45, 2.75) is 19.3 Å². The van der Waals surface area contributed by atoms with Crippen LogP contribution in [0.1, 0.15) is 25.0 Å². The third-order valence-electron chi connectivity index (χ3n) is 29.0. The second-order valence-electron chi connectivity index (χ2n) is 37.5. The van der Waals surface area contributed by atoms with Gasteiger partial charge in [-0.2, -0.15) is 0 Å². The Kier molecular flexibility index (Phi) is 18.7. The summed E-state index contributed by atoms with van der Waals surface area (Å²) in [6.45, 7) is 4.63. The fourth-order valence-electron chi connectivity index (χ4n) is 22.4. The van der Waals surface area contributed by atoms with E-state index < -0.39 is 0 Å². The normalized spacial score (nSPS) is 12.4. The van der Waals surface area contributed by atoms with Crippen LogP contribution in [0.25, 0.3) is 270 Å². The molecule has 9 aromatic heterocycles. The summed E-state index contributed by atoms with van der Waals surface area (Å²) in [6.07, 6.45) is 5.43. The van der Waals surface area contributed by atoms with Crippen LogP contribution in [0.15, 0.2) is 461 Å². The van der Waals surface area contributed by atoms with Crippen LogP contribution in [0.4, 0.5) is 0 Å². The van der Waals surface area contributed by atoms with E-state index in [9.17, 15) is 0 Å². The van der Waals surface area contributed by atoms with Gasteiger partial charge in [0, 0.05) is 73.0 Å². The molecule has 0 radical (unpaired) electrons. The van der Waals surface area contributed by atoms with Crippen molar-refractivity contribution in [2.75, 3.05) is 0 Å². The highest BCUT2D eigenvalue weighted by atomic mass is 15.1. The van der Waals surface area contributed by atoms with E-state index in [0.29, 0.717) is 34.4 Å². The fraction of sp³-hybridized carbons (Fsp3) is 0.0231. The van der Waals surface area contributed by atoms with E-state index in [1.165, 1.54) is 152 Å². The Morgan fingerprint density at radius 2 is 0.577 bits per heavy atom. The molecule has 662 valence electrons. The first-order chi connectivity index (χ1) is 70.1. The van der Waals surface area contributed by atoms with Gasteiger partial charge < -0.3 is 0 Å². The van der Waals surface area contributed by atoms with Crippen molar-refractivity contribution >= 4 is 174 Å².